The minimum absolute atomic E-state index is 0.0799. The average Bonchev–Trinajstić information content (AvgIpc) is 3.29. The van der Waals surface area contributed by atoms with E-state index in [1.165, 1.54) is 53.3 Å². The van der Waals surface area contributed by atoms with Crippen LogP contribution in [0.15, 0.2) is 42.0 Å². The first-order chi connectivity index (χ1) is 15.5. The fourth-order valence-electron chi connectivity index (χ4n) is 4.67. The first kappa shape index (κ1) is 27.3. The molecule has 0 atom stereocenters. The van der Waals surface area contributed by atoms with Crippen molar-refractivity contribution >= 4 is 8.78 Å². The summed E-state index contributed by atoms with van der Waals surface area (Å²) in [4.78, 5) is 0. The Labute approximate surface area is 224 Å². The Morgan fingerprint density at radius 2 is 1.44 bits per heavy atom. The van der Waals surface area contributed by atoms with E-state index in [1.807, 2.05) is 0 Å². The molecule has 2 aromatic rings. The average molecular weight is 531 g/mol. The van der Waals surface area contributed by atoms with Gasteiger partial charge in [-0.1, -0.05) is 109 Å². The summed E-state index contributed by atoms with van der Waals surface area (Å²) in [6, 6.07) is 13.5. The molecule has 2 aliphatic carbocycles. The number of hydrogen-bond donors (Lipinski definition) is 0. The molecule has 0 spiro atoms. The van der Waals surface area contributed by atoms with Gasteiger partial charge in [0.05, 0.1) is 0 Å². The van der Waals surface area contributed by atoms with Gasteiger partial charge < -0.3 is 0 Å². The molecule has 0 radical (unpaired) electrons. The summed E-state index contributed by atoms with van der Waals surface area (Å²) in [5.74, 6) is 0. The molecule has 0 saturated carbocycles. The van der Waals surface area contributed by atoms with E-state index in [1.54, 1.807) is 24.2 Å². The predicted octanol–water partition coefficient (Wildman–Crippen LogP) is 9.16. The molecule has 0 saturated heterocycles. The van der Waals surface area contributed by atoms with Crippen LogP contribution in [0.4, 0.5) is 0 Å². The Morgan fingerprint density at radius 3 is 1.94 bits per heavy atom. The van der Waals surface area contributed by atoms with Crippen LogP contribution in [0.3, 0.4) is 0 Å². The van der Waals surface area contributed by atoms with Crippen molar-refractivity contribution in [2.24, 2.45) is 5.41 Å². The van der Waals surface area contributed by atoms with Crippen LogP contribution in [0.1, 0.15) is 110 Å². The molecule has 1 heteroatoms. The van der Waals surface area contributed by atoms with E-state index in [4.69, 9.17) is 0 Å². The molecule has 0 aliphatic heterocycles. The number of hydrogen-bond acceptors (Lipinski definition) is 0. The fraction of sp³-hybridized carbons (Fsp3) is 0.485. The Morgan fingerprint density at radius 1 is 0.824 bits per heavy atom. The molecule has 0 nitrogen and oxygen atoms in total. The molecule has 2 aromatic carbocycles. The molecule has 0 heterocycles. The van der Waals surface area contributed by atoms with Gasteiger partial charge in [0, 0.05) is 0 Å². The van der Waals surface area contributed by atoms with Crippen molar-refractivity contribution in [1.82, 2.24) is 0 Å². The number of rotatable bonds is 1. The van der Waals surface area contributed by atoms with Gasteiger partial charge in [-0.15, -0.1) is 34.4 Å². The Kier molecular flexibility index (Phi) is 7.71. The van der Waals surface area contributed by atoms with E-state index < -0.39 is 0 Å². The maximum absolute atomic E-state index is 3.92. The van der Waals surface area contributed by atoms with Crippen molar-refractivity contribution in [1.29, 1.82) is 0 Å². The molecular formula is C33H43Zr-. The third kappa shape index (κ3) is 6.08. The molecule has 0 fully saturated rings. The van der Waals surface area contributed by atoms with Crippen molar-refractivity contribution in [3.8, 4) is 11.1 Å². The number of fused-ring (bicyclic) bond motifs is 3. The summed E-state index contributed by atoms with van der Waals surface area (Å²) in [6.07, 6.45) is 6.85. The molecule has 4 rings (SSSR count). The molecule has 0 unspecified atom stereocenters. The van der Waals surface area contributed by atoms with E-state index in [0.717, 1.165) is 12.8 Å². The fourth-order valence-corrected chi connectivity index (χ4v) is 4.67. The van der Waals surface area contributed by atoms with Gasteiger partial charge in [0.15, 0.2) is 0 Å². The quantitative estimate of drug-likeness (QED) is 0.275. The predicted molar refractivity (Wildman–Crippen MR) is 147 cm³/mol. The Balaban J connectivity index is 0.000000751. The van der Waals surface area contributed by atoms with Crippen LogP contribution >= 0.6 is 0 Å². The van der Waals surface area contributed by atoms with E-state index in [0.29, 0.717) is 0 Å². The second-order valence-electron chi connectivity index (χ2n) is 13.3. The molecule has 0 bridgehead atoms. The van der Waals surface area contributed by atoms with Crippen molar-refractivity contribution in [3.63, 3.8) is 0 Å². The van der Waals surface area contributed by atoms with Gasteiger partial charge >= 0.3 is 41.3 Å². The monoisotopic (exact) mass is 529 g/mol. The van der Waals surface area contributed by atoms with Gasteiger partial charge in [0.2, 0.25) is 0 Å². The third-order valence-corrected chi connectivity index (χ3v) is 6.66. The van der Waals surface area contributed by atoms with Gasteiger partial charge in [0.1, 0.15) is 0 Å². The second kappa shape index (κ2) is 9.61. The maximum atomic E-state index is 3.92. The van der Waals surface area contributed by atoms with E-state index >= 15 is 0 Å². The van der Waals surface area contributed by atoms with E-state index in [-0.39, 0.29) is 16.2 Å². The zero-order chi connectivity index (χ0) is 25.6. The van der Waals surface area contributed by atoms with Gasteiger partial charge in [-0.3, -0.25) is 0 Å². The van der Waals surface area contributed by atoms with Gasteiger partial charge in [-0.2, -0.15) is 0 Å². The van der Waals surface area contributed by atoms with Crippen LogP contribution in [0.25, 0.3) is 16.7 Å². The van der Waals surface area contributed by atoms with Crippen molar-refractivity contribution in [2.45, 2.75) is 99.8 Å². The molecule has 0 amide bonds. The first-order valence-electron chi connectivity index (χ1n) is 12.7. The second-order valence-corrected chi connectivity index (χ2v) is 15.7. The summed E-state index contributed by atoms with van der Waals surface area (Å²) >= 11 is 1.55. The molecule has 2 aliphatic rings. The van der Waals surface area contributed by atoms with Crippen LogP contribution in [-0.4, -0.2) is 3.21 Å². The molecular weight excluding hydrogens is 488 g/mol. The zero-order valence-electron chi connectivity index (χ0n) is 23.4. The third-order valence-electron chi connectivity index (χ3n) is 6.66. The SMILES string of the molecule is CC(C)(C)C1=CCC(c2[c-]c3c(cc2C(C)(C)C)-c2cc(C(C)(C)C)ccc2C3)=C1.C[C](C)=[Zr]. The molecule has 0 N–H and O–H groups in total. The van der Waals surface area contributed by atoms with Crippen molar-refractivity contribution in [3.05, 3.63) is 75.9 Å². The summed E-state index contributed by atoms with van der Waals surface area (Å²) < 4.78 is 1.51. The van der Waals surface area contributed by atoms with Crippen LogP contribution in [0, 0.1) is 11.5 Å². The minimum atomic E-state index is 0.0799. The van der Waals surface area contributed by atoms with Crippen LogP contribution in [-0.2, 0) is 41.5 Å². The number of benzene rings is 2. The van der Waals surface area contributed by atoms with Crippen LogP contribution in [0.5, 0.6) is 0 Å². The first-order valence-corrected chi connectivity index (χ1v) is 13.9. The zero-order valence-corrected chi connectivity index (χ0v) is 25.8. The topological polar surface area (TPSA) is 0 Å². The summed E-state index contributed by atoms with van der Waals surface area (Å²) in [7, 11) is 0. The molecule has 0 aromatic heterocycles. The number of allylic oxidation sites excluding steroid dienone is 4. The normalized spacial score (nSPS) is 15.1. The van der Waals surface area contributed by atoms with Gasteiger partial charge in [0.25, 0.3) is 0 Å². The summed E-state index contributed by atoms with van der Waals surface area (Å²) in [6.45, 7) is 25.1. The van der Waals surface area contributed by atoms with E-state index in [9.17, 15) is 0 Å². The van der Waals surface area contributed by atoms with E-state index in [2.05, 4.69) is 119 Å². The van der Waals surface area contributed by atoms with Crippen LogP contribution in [0.2, 0.25) is 0 Å². The molecule has 34 heavy (non-hydrogen) atoms. The summed E-state index contributed by atoms with van der Waals surface area (Å²) in [5, 5.41) is 0. The van der Waals surface area contributed by atoms with Crippen LogP contribution < -0.4 is 0 Å². The van der Waals surface area contributed by atoms with Crippen molar-refractivity contribution < 1.29 is 24.2 Å². The van der Waals surface area contributed by atoms with Gasteiger partial charge in [-0.05, 0) is 40.2 Å². The summed E-state index contributed by atoms with van der Waals surface area (Å²) in [5.41, 5.74) is 13.1. The standard InChI is InChI=1S/C30H37.C3H6.Zr/c1-28(2,3)22-12-11-20(15-22)26-16-21-14-19-10-13-23(29(4,5)6)17-24(19)25(21)18-27(26)30(7,8)9;1-3-2;/h10,12-13,15,17-18H,11,14H2,1-9H3;1-2H3;/q-1;;. The Bertz CT molecular complexity index is 1160. The van der Waals surface area contributed by atoms with Crippen molar-refractivity contribution in [2.75, 3.05) is 0 Å². The molecule has 180 valence electrons. The Hall–Kier alpha value is -1.33. The van der Waals surface area contributed by atoms with Gasteiger partial charge in [-0.25, -0.2) is 0 Å².